The largest absolute Gasteiger partial charge is 0.618 e. The lowest BCUT2D eigenvalue weighted by Crippen LogP contribution is -2.02. The average Bonchev–Trinajstić information content (AvgIpc) is 2.32. The number of hydrogen-bond acceptors (Lipinski definition) is 1. The van der Waals surface area contributed by atoms with Gasteiger partial charge in [-0.3, -0.25) is 0 Å². The summed E-state index contributed by atoms with van der Waals surface area (Å²) in [7, 11) is 0. The van der Waals surface area contributed by atoms with Gasteiger partial charge in [-0.05, 0) is 38.1 Å². The number of halogens is 1. The van der Waals surface area contributed by atoms with E-state index >= 15 is 0 Å². The van der Waals surface area contributed by atoms with Gasteiger partial charge in [0, 0.05) is 21.7 Å². The zero-order chi connectivity index (χ0) is 13.1. The van der Waals surface area contributed by atoms with Gasteiger partial charge in [0.15, 0.2) is 6.21 Å². The van der Waals surface area contributed by atoms with Crippen LogP contribution < -0.4 is 0 Å². The average molecular weight is 260 g/mol. The molecule has 0 spiro atoms. The zero-order valence-corrected chi connectivity index (χ0v) is 11.1. The lowest BCUT2D eigenvalue weighted by atomic mass is 10.1. The van der Waals surface area contributed by atoms with E-state index in [1.165, 1.54) is 0 Å². The highest BCUT2D eigenvalue weighted by Gasteiger charge is 2.09. The van der Waals surface area contributed by atoms with Gasteiger partial charge >= 0.3 is 0 Å². The Morgan fingerprint density at radius 2 is 1.56 bits per heavy atom. The van der Waals surface area contributed by atoms with Gasteiger partial charge in [-0.15, -0.1) is 0 Å². The van der Waals surface area contributed by atoms with Crippen molar-refractivity contribution in [1.29, 1.82) is 0 Å². The summed E-state index contributed by atoms with van der Waals surface area (Å²) in [6.07, 6.45) is 1.56. The van der Waals surface area contributed by atoms with Gasteiger partial charge in [-0.25, -0.2) is 0 Å². The maximum Gasteiger partial charge on any atom is 0.222 e. The van der Waals surface area contributed by atoms with Crippen molar-refractivity contribution in [3.63, 3.8) is 0 Å². The number of hydrogen-bond donors (Lipinski definition) is 0. The quantitative estimate of drug-likeness (QED) is 0.343. The first-order chi connectivity index (χ1) is 8.58. The molecule has 2 rings (SSSR count). The van der Waals surface area contributed by atoms with Crippen molar-refractivity contribution in [1.82, 2.24) is 0 Å². The van der Waals surface area contributed by atoms with E-state index in [1.807, 2.05) is 44.2 Å². The van der Waals surface area contributed by atoms with Crippen LogP contribution in [0.5, 0.6) is 0 Å². The highest BCUT2D eigenvalue weighted by Crippen LogP contribution is 2.22. The normalized spacial score (nSPS) is 11.6. The van der Waals surface area contributed by atoms with E-state index in [-0.39, 0.29) is 0 Å². The predicted octanol–water partition coefficient (Wildman–Crippen LogP) is 4.22. The van der Waals surface area contributed by atoms with Gasteiger partial charge in [-0.1, -0.05) is 29.8 Å². The third-order valence-electron chi connectivity index (χ3n) is 2.80. The molecule has 0 N–H and O–H groups in total. The van der Waals surface area contributed by atoms with E-state index in [2.05, 4.69) is 0 Å². The molecule has 0 atom stereocenters. The van der Waals surface area contributed by atoms with Crippen LogP contribution in [0.3, 0.4) is 0 Å². The second-order valence-electron chi connectivity index (χ2n) is 4.25. The molecular formula is C15H14ClNO. The smallest absolute Gasteiger partial charge is 0.222 e. The molecule has 0 amide bonds. The van der Waals surface area contributed by atoms with Crippen LogP contribution in [0.4, 0.5) is 5.69 Å². The Bertz CT molecular complexity index is 568. The van der Waals surface area contributed by atoms with E-state index in [0.717, 1.165) is 21.4 Å². The molecule has 0 saturated heterocycles. The number of para-hydroxylation sites is 1. The molecule has 0 aliphatic carbocycles. The minimum absolute atomic E-state index is 0.664. The van der Waals surface area contributed by atoms with Crippen molar-refractivity contribution >= 4 is 23.5 Å². The Morgan fingerprint density at radius 1 is 1.00 bits per heavy atom. The van der Waals surface area contributed by atoms with Crippen molar-refractivity contribution in [3.8, 4) is 0 Å². The van der Waals surface area contributed by atoms with Crippen LogP contribution in [-0.2, 0) is 0 Å². The van der Waals surface area contributed by atoms with Crippen molar-refractivity contribution < 1.29 is 4.74 Å². The van der Waals surface area contributed by atoms with Gasteiger partial charge in [0.25, 0.3) is 0 Å². The zero-order valence-electron chi connectivity index (χ0n) is 10.4. The van der Waals surface area contributed by atoms with Gasteiger partial charge < -0.3 is 5.21 Å². The molecule has 92 valence electrons. The van der Waals surface area contributed by atoms with Crippen molar-refractivity contribution in [2.75, 3.05) is 0 Å². The topological polar surface area (TPSA) is 26.1 Å². The number of aryl methyl sites for hydroxylation is 2. The minimum atomic E-state index is 0.664. The number of nitrogens with zero attached hydrogens (tertiary/aromatic N) is 1. The molecule has 2 aromatic rings. The van der Waals surface area contributed by atoms with Crippen LogP contribution in [0.15, 0.2) is 42.5 Å². The fraction of sp³-hybridized carbons (Fsp3) is 0.133. The second-order valence-corrected chi connectivity index (χ2v) is 4.68. The van der Waals surface area contributed by atoms with Gasteiger partial charge in [0.05, 0.1) is 0 Å². The summed E-state index contributed by atoms with van der Waals surface area (Å²) in [5.41, 5.74) is 3.47. The Balaban J connectivity index is 2.42. The van der Waals surface area contributed by atoms with Crippen molar-refractivity contribution in [3.05, 3.63) is 69.4 Å². The first-order valence-electron chi connectivity index (χ1n) is 5.71. The molecule has 0 radical (unpaired) electrons. The molecule has 0 fully saturated rings. The Morgan fingerprint density at radius 3 is 2.11 bits per heavy atom. The molecule has 3 heteroatoms. The third kappa shape index (κ3) is 2.71. The summed E-state index contributed by atoms with van der Waals surface area (Å²) < 4.78 is 0.911. The fourth-order valence-electron chi connectivity index (χ4n) is 1.90. The van der Waals surface area contributed by atoms with Crippen LogP contribution in [0.1, 0.15) is 16.7 Å². The van der Waals surface area contributed by atoms with E-state index in [9.17, 15) is 5.21 Å². The second kappa shape index (κ2) is 5.23. The summed E-state index contributed by atoms with van der Waals surface area (Å²) in [4.78, 5) is 0. The first kappa shape index (κ1) is 12.7. The molecule has 2 nitrogen and oxygen atoms in total. The van der Waals surface area contributed by atoms with Gasteiger partial charge in [0.1, 0.15) is 0 Å². The lowest BCUT2D eigenvalue weighted by molar-refractivity contribution is -0.355. The number of benzene rings is 2. The SMILES string of the molecule is Cc1cccc(C)c1/[N+]([O-])=C/c1ccc(Cl)cc1. The Labute approximate surface area is 112 Å². The van der Waals surface area contributed by atoms with Crippen LogP contribution in [-0.4, -0.2) is 11.0 Å². The van der Waals surface area contributed by atoms with Crippen LogP contribution in [0, 0.1) is 19.1 Å². The molecule has 2 aromatic carbocycles. The highest BCUT2D eigenvalue weighted by atomic mass is 35.5. The van der Waals surface area contributed by atoms with E-state index < -0.39 is 0 Å². The first-order valence-corrected chi connectivity index (χ1v) is 6.09. The molecular weight excluding hydrogens is 246 g/mol. The highest BCUT2D eigenvalue weighted by molar-refractivity contribution is 6.30. The summed E-state index contributed by atoms with van der Waals surface area (Å²) in [5.74, 6) is 0. The number of rotatable bonds is 2. The predicted molar refractivity (Wildman–Crippen MR) is 75.8 cm³/mol. The summed E-state index contributed by atoms with van der Waals surface area (Å²) in [5, 5.41) is 12.8. The monoisotopic (exact) mass is 259 g/mol. The molecule has 0 unspecified atom stereocenters. The third-order valence-corrected chi connectivity index (χ3v) is 3.05. The minimum Gasteiger partial charge on any atom is -0.618 e. The van der Waals surface area contributed by atoms with Crippen molar-refractivity contribution in [2.45, 2.75) is 13.8 Å². The maximum atomic E-state index is 12.2. The molecule has 0 aromatic heterocycles. The summed E-state index contributed by atoms with van der Waals surface area (Å²) in [6, 6.07) is 13.0. The van der Waals surface area contributed by atoms with E-state index in [1.54, 1.807) is 18.3 Å². The van der Waals surface area contributed by atoms with Gasteiger partial charge in [0.2, 0.25) is 5.69 Å². The molecule has 0 aliphatic rings. The molecule has 18 heavy (non-hydrogen) atoms. The molecule has 0 heterocycles. The fourth-order valence-corrected chi connectivity index (χ4v) is 2.03. The van der Waals surface area contributed by atoms with Crippen LogP contribution >= 0.6 is 11.6 Å². The van der Waals surface area contributed by atoms with E-state index in [4.69, 9.17) is 11.6 Å². The molecule has 0 saturated carbocycles. The standard InChI is InChI=1S/C15H14ClNO/c1-11-4-3-5-12(2)15(11)17(18)10-13-6-8-14(16)9-7-13/h3-10H,1-2H3/b17-10-. The summed E-state index contributed by atoms with van der Waals surface area (Å²) in [6.45, 7) is 3.87. The van der Waals surface area contributed by atoms with E-state index in [0.29, 0.717) is 10.7 Å². The van der Waals surface area contributed by atoms with Crippen LogP contribution in [0.25, 0.3) is 0 Å². The van der Waals surface area contributed by atoms with Crippen molar-refractivity contribution in [2.24, 2.45) is 0 Å². The van der Waals surface area contributed by atoms with Crippen LogP contribution in [0.2, 0.25) is 5.02 Å². The maximum absolute atomic E-state index is 12.2. The lowest BCUT2D eigenvalue weighted by Gasteiger charge is -2.08. The Hall–Kier alpha value is -1.80. The van der Waals surface area contributed by atoms with Gasteiger partial charge in [-0.2, -0.15) is 4.74 Å². The Kier molecular flexibility index (Phi) is 3.68. The molecule has 0 aliphatic heterocycles. The summed E-state index contributed by atoms with van der Waals surface area (Å²) >= 11 is 5.81. The molecule has 0 bridgehead atoms.